The van der Waals surface area contributed by atoms with Crippen LogP contribution in [0.1, 0.15) is 47.3 Å². The summed E-state index contributed by atoms with van der Waals surface area (Å²) in [6.07, 6.45) is 4.81. The lowest BCUT2D eigenvalue weighted by Crippen LogP contribution is -2.38. The van der Waals surface area contributed by atoms with Crippen LogP contribution in [-0.4, -0.2) is 42.1 Å². The molecule has 1 aliphatic heterocycles. The lowest BCUT2D eigenvalue weighted by molar-refractivity contribution is -0.176. The van der Waals surface area contributed by atoms with Crippen LogP contribution in [0.25, 0.3) is 6.08 Å². The van der Waals surface area contributed by atoms with Gasteiger partial charge in [0.15, 0.2) is 0 Å². The van der Waals surface area contributed by atoms with Gasteiger partial charge in [0.2, 0.25) is 0 Å². The highest BCUT2D eigenvalue weighted by molar-refractivity contribution is 5.97. The molecule has 1 aliphatic rings. The van der Waals surface area contributed by atoms with Crippen LogP contribution in [0.5, 0.6) is 0 Å². The Morgan fingerprint density at radius 1 is 1.06 bits per heavy atom. The Bertz CT molecular complexity index is 951. The molecule has 6 nitrogen and oxygen atoms in total. The topological polar surface area (TPSA) is 72.9 Å². The SMILES string of the molecule is CC(=O)OC(/C=C/c1ccc2c(c1)CCN(CCCc1ccccc1)C2=O)OC(C)=O. The van der Waals surface area contributed by atoms with Gasteiger partial charge in [0.25, 0.3) is 12.2 Å². The van der Waals surface area contributed by atoms with Gasteiger partial charge in [-0.05, 0) is 48.1 Å². The summed E-state index contributed by atoms with van der Waals surface area (Å²) in [5, 5.41) is 0. The lowest BCUT2D eigenvalue weighted by Gasteiger charge is -2.29. The van der Waals surface area contributed by atoms with Gasteiger partial charge in [-0.1, -0.05) is 48.5 Å². The molecule has 1 heterocycles. The highest BCUT2D eigenvalue weighted by atomic mass is 16.7. The predicted molar refractivity (Wildman–Crippen MR) is 117 cm³/mol. The van der Waals surface area contributed by atoms with Crippen molar-refractivity contribution in [3.8, 4) is 0 Å². The quantitative estimate of drug-likeness (QED) is 0.479. The Morgan fingerprint density at radius 2 is 1.77 bits per heavy atom. The van der Waals surface area contributed by atoms with Crippen LogP contribution in [0.3, 0.4) is 0 Å². The second-order valence-corrected chi connectivity index (χ2v) is 7.49. The van der Waals surface area contributed by atoms with Crippen LogP contribution in [0.4, 0.5) is 0 Å². The van der Waals surface area contributed by atoms with Crippen LogP contribution >= 0.6 is 0 Å². The van der Waals surface area contributed by atoms with E-state index in [0.717, 1.165) is 42.5 Å². The molecule has 0 atom stereocenters. The Kier molecular flexibility index (Phi) is 7.60. The summed E-state index contributed by atoms with van der Waals surface area (Å²) in [6, 6.07) is 15.9. The van der Waals surface area contributed by atoms with Gasteiger partial charge in [-0.2, -0.15) is 0 Å². The number of hydrogen-bond donors (Lipinski definition) is 0. The Hall–Kier alpha value is -3.41. The van der Waals surface area contributed by atoms with Crippen molar-refractivity contribution in [3.63, 3.8) is 0 Å². The number of benzene rings is 2. The van der Waals surface area contributed by atoms with Crippen molar-refractivity contribution < 1.29 is 23.9 Å². The molecule has 0 aliphatic carbocycles. The first-order chi connectivity index (χ1) is 14.9. The summed E-state index contributed by atoms with van der Waals surface area (Å²) >= 11 is 0. The van der Waals surface area contributed by atoms with Gasteiger partial charge in [0.1, 0.15) is 0 Å². The zero-order valence-electron chi connectivity index (χ0n) is 17.9. The molecular formula is C25H27NO5. The first-order valence-corrected chi connectivity index (χ1v) is 10.4. The van der Waals surface area contributed by atoms with Crippen molar-refractivity contribution in [2.75, 3.05) is 13.1 Å². The minimum Gasteiger partial charge on any atom is -0.421 e. The minimum atomic E-state index is -1.08. The number of rotatable bonds is 8. The maximum absolute atomic E-state index is 12.9. The monoisotopic (exact) mass is 421 g/mol. The van der Waals surface area contributed by atoms with Gasteiger partial charge >= 0.3 is 11.9 Å². The van der Waals surface area contributed by atoms with E-state index < -0.39 is 18.2 Å². The molecule has 2 aromatic rings. The second kappa shape index (κ2) is 10.6. The Morgan fingerprint density at radius 3 is 2.45 bits per heavy atom. The average Bonchev–Trinajstić information content (AvgIpc) is 2.73. The molecule has 0 radical (unpaired) electrons. The number of hydrogen-bond acceptors (Lipinski definition) is 5. The second-order valence-electron chi connectivity index (χ2n) is 7.49. The lowest BCUT2D eigenvalue weighted by atomic mass is 9.96. The maximum atomic E-state index is 12.9. The average molecular weight is 421 g/mol. The van der Waals surface area contributed by atoms with E-state index in [9.17, 15) is 14.4 Å². The highest BCUT2D eigenvalue weighted by Crippen LogP contribution is 2.22. The summed E-state index contributed by atoms with van der Waals surface area (Å²) in [6.45, 7) is 3.93. The molecule has 0 N–H and O–H groups in total. The van der Waals surface area contributed by atoms with Gasteiger partial charge in [-0.15, -0.1) is 0 Å². The molecule has 162 valence electrons. The predicted octanol–water partition coefficient (Wildman–Crippen LogP) is 3.78. The molecule has 0 unspecified atom stereocenters. The molecule has 0 saturated carbocycles. The van der Waals surface area contributed by atoms with Crippen molar-refractivity contribution in [2.24, 2.45) is 0 Å². The number of ether oxygens (including phenoxy) is 2. The van der Waals surface area contributed by atoms with Crippen LogP contribution in [-0.2, 0) is 31.9 Å². The van der Waals surface area contributed by atoms with Gasteiger partial charge in [-0.25, -0.2) is 0 Å². The maximum Gasteiger partial charge on any atom is 0.305 e. The van der Waals surface area contributed by atoms with Crippen molar-refractivity contribution in [3.05, 3.63) is 76.9 Å². The summed E-state index contributed by atoms with van der Waals surface area (Å²) in [5.41, 5.74) is 3.83. The number of esters is 2. The van der Waals surface area contributed by atoms with Crippen LogP contribution in [0.2, 0.25) is 0 Å². The molecule has 31 heavy (non-hydrogen) atoms. The van der Waals surface area contributed by atoms with Crippen LogP contribution in [0, 0.1) is 0 Å². The molecule has 6 heteroatoms. The van der Waals surface area contributed by atoms with E-state index in [1.54, 1.807) is 6.08 Å². The fourth-order valence-electron chi connectivity index (χ4n) is 3.61. The van der Waals surface area contributed by atoms with Gasteiger partial charge in [0, 0.05) is 32.5 Å². The molecule has 0 saturated heterocycles. The zero-order chi connectivity index (χ0) is 22.2. The highest BCUT2D eigenvalue weighted by Gasteiger charge is 2.23. The summed E-state index contributed by atoms with van der Waals surface area (Å²) in [7, 11) is 0. The van der Waals surface area contributed by atoms with Crippen LogP contribution in [0.15, 0.2) is 54.6 Å². The van der Waals surface area contributed by atoms with Gasteiger partial charge in [0.05, 0.1) is 0 Å². The minimum absolute atomic E-state index is 0.0579. The first-order valence-electron chi connectivity index (χ1n) is 10.4. The molecule has 3 rings (SSSR count). The van der Waals surface area contributed by atoms with E-state index in [0.29, 0.717) is 6.54 Å². The fourth-order valence-corrected chi connectivity index (χ4v) is 3.61. The number of carbonyl (C=O) groups excluding carboxylic acids is 3. The van der Waals surface area contributed by atoms with Crippen molar-refractivity contribution in [2.45, 2.75) is 39.4 Å². The summed E-state index contributed by atoms with van der Waals surface area (Å²) in [4.78, 5) is 37.1. The van der Waals surface area contributed by atoms with Crippen molar-refractivity contribution in [1.82, 2.24) is 4.90 Å². The number of nitrogens with zero attached hydrogens (tertiary/aromatic N) is 1. The normalized spacial score (nSPS) is 13.4. The molecule has 2 aromatic carbocycles. The molecular weight excluding hydrogens is 394 g/mol. The standard InChI is InChI=1S/C25H27NO5/c1-18(27)30-24(31-19(2)28)13-11-21-10-12-23-22(17-21)14-16-26(25(23)29)15-6-9-20-7-4-3-5-8-20/h3-5,7-8,10-13,17,24H,6,9,14-16H2,1-2H3/b13-11+. The van der Waals surface area contributed by atoms with E-state index >= 15 is 0 Å². The number of carbonyl (C=O) groups is 3. The number of aryl methyl sites for hydroxylation is 1. The molecule has 0 spiro atoms. The summed E-state index contributed by atoms with van der Waals surface area (Å²) < 4.78 is 9.93. The third kappa shape index (κ3) is 6.54. The summed E-state index contributed by atoms with van der Waals surface area (Å²) in [5.74, 6) is -1.03. The molecule has 0 aromatic heterocycles. The molecule has 1 amide bonds. The van der Waals surface area contributed by atoms with E-state index in [4.69, 9.17) is 9.47 Å². The van der Waals surface area contributed by atoms with E-state index in [2.05, 4.69) is 12.1 Å². The fraction of sp³-hybridized carbons (Fsp3) is 0.320. The Balaban J connectivity index is 1.61. The van der Waals surface area contributed by atoms with Gasteiger partial charge < -0.3 is 14.4 Å². The largest absolute Gasteiger partial charge is 0.421 e. The number of fused-ring (bicyclic) bond motifs is 1. The van der Waals surface area contributed by atoms with Gasteiger partial charge in [-0.3, -0.25) is 14.4 Å². The Labute approximate surface area is 182 Å². The molecule has 0 fully saturated rings. The number of amides is 1. The zero-order valence-corrected chi connectivity index (χ0v) is 17.9. The van der Waals surface area contributed by atoms with E-state index in [-0.39, 0.29) is 5.91 Å². The third-order valence-corrected chi connectivity index (χ3v) is 5.04. The van der Waals surface area contributed by atoms with E-state index in [1.165, 1.54) is 25.5 Å². The third-order valence-electron chi connectivity index (χ3n) is 5.04. The van der Waals surface area contributed by atoms with Crippen molar-refractivity contribution in [1.29, 1.82) is 0 Å². The van der Waals surface area contributed by atoms with Crippen molar-refractivity contribution >= 4 is 23.9 Å². The van der Waals surface area contributed by atoms with E-state index in [1.807, 2.05) is 41.3 Å². The molecule has 0 bridgehead atoms. The first kappa shape index (κ1) is 22.3. The smallest absolute Gasteiger partial charge is 0.305 e. The van der Waals surface area contributed by atoms with Crippen LogP contribution < -0.4 is 0 Å².